The second kappa shape index (κ2) is 7.77. The van der Waals surface area contributed by atoms with Gasteiger partial charge in [-0.3, -0.25) is 14.3 Å². The average Bonchev–Trinajstić information content (AvgIpc) is 3.03. The average molecular weight is 328 g/mol. The molecule has 6 nitrogen and oxygen atoms in total. The van der Waals surface area contributed by atoms with Crippen LogP contribution in [0.3, 0.4) is 0 Å². The Morgan fingerprint density at radius 1 is 1.21 bits per heavy atom. The van der Waals surface area contributed by atoms with Gasteiger partial charge in [-0.15, -0.1) is 0 Å². The second-order valence-electron chi connectivity index (χ2n) is 5.30. The van der Waals surface area contributed by atoms with E-state index in [0.29, 0.717) is 17.4 Å². The van der Waals surface area contributed by atoms with Crippen molar-refractivity contribution >= 4 is 27.7 Å². The molecule has 2 heterocycles. The Hall–Kier alpha value is -2.63. The van der Waals surface area contributed by atoms with Crippen molar-refractivity contribution in [2.24, 2.45) is 7.05 Å². The van der Waals surface area contributed by atoms with E-state index in [9.17, 15) is 9.59 Å². The molecule has 6 heteroatoms. The molecular weight excluding hydrogens is 304 g/mol. The van der Waals surface area contributed by atoms with Crippen molar-refractivity contribution in [3.63, 3.8) is 0 Å². The topological polar surface area (TPSA) is 68.9 Å². The molecule has 0 aliphatic heterocycles. The van der Waals surface area contributed by atoms with E-state index in [-0.39, 0.29) is 18.0 Å². The van der Waals surface area contributed by atoms with Gasteiger partial charge in [0.25, 0.3) is 5.56 Å². The highest BCUT2D eigenvalue weighted by Crippen LogP contribution is 2.21. The number of carbonyl (C=O) groups is 1. The van der Waals surface area contributed by atoms with Crippen LogP contribution in [0.15, 0.2) is 35.3 Å². The lowest BCUT2D eigenvalue weighted by atomic mass is 10.1. The van der Waals surface area contributed by atoms with Crippen molar-refractivity contribution < 1.29 is 4.79 Å². The number of benzene rings is 1. The monoisotopic (exact) mass is 328 g/mol. The summed E-state index contributed by atoms with van der Waals surface area (Å²) in [6.07, 6.45) is 2.42. The van der Waals surface area contributed by atoms with Gasteiger partial charge in [0, 0.05) is 19.0 Å². The van der Waals surface area contributed by atoms with Crippen LogP contribution in [-0.4, -0.2) is 26.8 Å². The minimum atomic E-state index is -0.103. The Kier molecular flexibility index (Phi) is 5.73. The van der Waals surface area contributed by atoms with Gasteiger partial charge >= 0.3 is 0 Å². The molecule has 0 unspecified atom stereocenters. The number of aromatic nitrogens is 3. The maximum absolute atomic E-state index is 12.4. The fourth-order valence-electron chi connectivity index (χ4n) is 2.66. The quantitative estimate of drug-likeness (QED) is 0.800. The molecule has 0 aliphatic rings. The number of nitrogens with one attached hydrogen (secondary N) is 1. The van der Waals surface area contributed by atoms with Gasteiger partial charge in [-0.25, -0.2) is 0 Å². The number of para-hydroxylation sites is 1. The van der Waals surface area contributed by atoms with Crippen molar-refractivity contribution in [3.05, 3.63) is 40.8 Å². The third kappa shape index (κ3) is 3.18. The number of carbonyl (C=O) groups excluding carboxylic acids is 1. The van der Waals surface area contributed by atoms with Gasteiger partial charge in [0.1, 0.15) is 6.54 Å². The van der Waals surface area contributed by atoms with Gasteiger partial charge in [0.15, 0.2) is 0 Å². The lowest BCUT2D eigenvalue weighted by molar-refractivity contribution is -0.121. The van der Waals surface area contributed by atoms with E-state index in [0.717, 1.165) is 17.3 Å². The molecule has 3 aromatic rings. The number of rotatable bonds is 4. The van der Waals surface area contributed by atoms with Crippen molar-refractivity contribution in [2.75, 3.05) is 6.54 Å². The molecule has 3 rings (SSSR count). The Morgan fingerprint density at radius 3 is 2.62 bits per heavy atom. The van der Waals surface area contributed by atoms with Gasteiger partial charge in [-0.05, 0) is 12.5 Å². The molecule has 0 aliphatic carbocycles. The number of aryl methyl sites for hydroxylation is 1. The van der Waals surface area contributed by atoms with E-state index >= 15 is 0 Å². The Bertz CT molecular complexity index is 908. The van der Waals surface area contributed by atoms with Crippen molar-refractivity contribution in [1.82, 2.24) is 19.7 Å². The Morgan fingerprint density at radius 2 is 1.92 bits per heavy atom. The molecule has 0 atom stereocenters. The summed E-state index contributed by atoms with van der Waals surface area (Å²) in [5, 5.41) is 8.51. The lowest BCUT2D eigenvalue weighted by Gasteiger charge is -2.09. The van der Waals surface area contributed by atoms with Crippen LogP contribution < -0.4 is 10.9 Å². The fourth-order valence-corrected chi connectivity index (χ4v) is 2.66. The smallest absolute Gasteiger partial charge is 0.261 e. The highest BCUT2D eigenvalue weighted by molar-refractivity contribution is 6.03. The van der Waals surface area contributed by atoms with Gasteiger partial charge < -0.3 is 9.88 Å². The molecule has 0 saturated heterocycles. The lowest BCUT2D eigenvalue weighted by Crippen LogP contribution is -2.28. The maximum Gasteiger partial charge on any atom is 0.261 e. The third-order valence-electron chi connectivity index (χ3n) is 3.76. The van der Waals surface area contributed by atoms with Crippen molar-refractivity contribution in [1.29, 1.82) is 0 Å². The first-order valence-corrected chi connectivity index (χ1v) is 8.33. The number of hydrogen-bond donors (Lipinski definition) is 1. The van der Waals surface area contributed by atoms with Gasteiger partial charge in [0.05, 0.1) is 22.6 Å². The van der Waals surface area contributed by atoms with Gasteiger partial charge in [-0.2, -0.15) is 5.10 Å². The molecule has 0 saturated carbocycles. The molecule has 1 aromatic carbocycles. The number of hydrogen-bond acceptors (Lipinski definition) is 3. The SMILES string of the molecule is CC.CCCNC(=O)Cn1ncc2c(=O)n(C)c3ccccc3c21. The minimum Gasteiger partial charge on any atom is -0.355 e. The predicted molar refractivity (Wildman–Crippen MR) is 97.1 cm³/mol. The second-order valence-corrected chi connectivity index (χ2v) is 5.30. The van der Waals surface area contributed by atoms with Crippen molar-refractivity contribution in [2.45, 2.75) is 33.7 Å². The highest BCUT2D eigenvalue weighted by atomic mass is 16.2. The molecule has 2 aromatic heterocycles. The standard InChI is InChI=1S/C16H18N4O2.C2H6/c1-3-8-17-14(21)10-20-15-11-6-4-5-7-13(11)19(2)16(22)12(15)9-18-20;1-2/h4-7,9H,3,8,10H2,1-2H3,(H,17,21);1-2H3. The minimum absolute atomic E-state index is 0.100. The van der Waals surface area contributed by atoms with Crippen LogP contribution in [0.5, 0.6) is 0 Å². The summed E-state index contributed by atoms with van der Waals surface area (Å²) in [4.78, 5) is 24.4. The van der Waals surface area contributed by atoms with Gasteiger partial charge in [0.2, 0.25) is 5.91 Å². The molecule has 0 radical (unpaired) electrons. The maximum atomic E-state index is 12.4. The summed E-state index contributed by atoms with van der Waals surface area (Å²) in [5.41, 5.74) is 1.44. The zero-order valence-corrected chi connectivity index (χ0v) is 14.7. The summed E-state index contributed by atoms with van der Waals surface area (Å²) in [5.74, 6) is -0.100. The molecule has 24 heavy (non-hydrogen) atoms. The van der Waals surface area contributed by atoms with Crippen molar-refractivity contribution in [3.8, 4) is 0 Å². The van der Waals surface area contributed by atoms with Crippen LogP contribution in [0.4, 0.5) is 0 Å². The van der Waals surface area contributed by atoms with Crippen LogP contribution in [0, 0.1) is 0 Å². The summed E-state index contributed by atoms with van der Waals surface area (Å²) in [6.45, 7) is 6.75. The van der Waals surface area contributed by atoms with E-state index < -0.39 is 0 Å². The molecule has 0 fully saturated rings. The van der Waals surface area contributed by atoms with E-state index in [1.807, 2.05) is 45.0 Å². The number of nitrogens with zero attached hydrogens (tertiary/aromatic N) is 3. The van der Waals surface area contributed by atoms with Gasteiger partial charge in [-0.1, -0.05) is 39.0 Å². The molecule has 128 valence electrons. The molecule has 1 amide bonds. The van der Waals surface area contributed by atoms with Crippen LogP contribution in [0.1, 0.15) is 27.2 Å². The first-order chi connectivity index (χ1) is 11.6. The number of amides is 1. The number of pyridine rings is 1. The first-order valence-electron chi connectivity index (χ1n) is 8.33. The van der Waals surface area contributed by atoms with Crippen LogP contribution in [0.25, 0.3) is 21.8 Å². The zero-order valence-electron chi connectivity index (χ0n) is 14.7. The summed E-state index contributed by atoms with van der Waals surface area (Å²) < 4.78 is 3.21. The van der Waals surface area contributed by atoms with E-state index in [1.54, 1.807) is 16.3 Å². The molecule has 0 spiro atoms. The van der Waals surface area contributed by atoms with E-state index in [1.165, 1.54) is 6.20 Å². The van der Waals surface area contributed by atoms with Crippen LogP contribution in [-0.2, 0) is 18.4 Å². The molecular formula is C18H24N4O2. The summed E-state index contributed by atoms with van der Waals surface area (Å²) in [7, 11) is 1.75. The first kappa shape index (κ1) is 17.7. The molecule has 0 bridgehead atoms. The normalized spacial score (nSPS) is 10.5. The summed E-state index contributed by atoms with van der Waals surface area (Å²) in [6, 6.07) is 7.65. The zero-order chi connectivity index (χ0) is 17.7. The third-order valence-corrected chi connectivity index (χ3v) is 3.76. The fraction of sp³-hybridized carbons (Fsp3) is 0.389. The van der Waals surface area contributed by atoms with E-state index in [4.69, 9.17) is 0 Å². The van der Waals surface area contributed by atoms with E-state index in [2.05, 4.69) is 10.4 Å². The number of fused-ring (bicyclic) bond motifs is 3. The Balaban J connectivity index is 0.00000100. The van der Waals surface area contributed by atoms with Crippen LogP contribution in [0.2, 0.25) is 0 Å². The summed E-state index contributed by atoms with van der Waals surface area (Å²) >= 11 is 0. The molecule has 1 N–H and O–H groups in total. The highest BCUT2D eigenvalue weighted by Gasteiger charge is 2.14. The Labute approximate surface area is 141 Å². The largest absolute Gasteiger partial charge is 0.355 e. The predicted octanol–water partition coefficient (Wildman–Crippen LogP) is 2.44. The van der Waals surface area contributed by atoms with Crippen LogP contribution >= 0.6 is 0 Å².